The Morgan fingerprint density at radius 3 is 2.74 bits per heavy atom. The fourth-order valence-corrected chi connectivity index (χ4v) is 2.97. The average Bonchev–Trinajstić information content (AvgIpc) is 2.96. The monoisotopic (exact) mass is 265 g/mol. The molecule has 2 aliphatic heterocycles. The lowest BCUT2D eigenvalue weighted by Crippen LogP contribution is -2.46. The number of piperidine rings is 1. The molecule has 1 aromatic rings. The molecule has 2 aliphatic rings. The smallest absolute Gasteiger partial charge is 0.173 e. The molecule has 0 N–H and O–H groups in total. The summed E-state index contributed by atoms with van der Waals surface area (Å²) >= 11 is 0. The molecule has 0 aromatic heterocycles. The van der Waals surface area contributed by atoms with Gasteiger partial charge in [0.25, 0.3) is 0 Å². The van der Waals surface area contributed by atoms with Crippen molar-refractivity contribution < 1.29 is 13.9 Å². The molecule has 0 spiro atoms. The van der Waals surface area contributed by atoms with Gasteiger partial charge in [0.1, 0.15) is 5.82 Å². The normalized spacial score (nSPS) is 25.8. The Morgan fingerprint density at radius 1 is 1.16 bits per heavy atom. The molecule has 3 nitrogen and oxygen atoms in total. The van der Waals surface area contributed by atoms with Crippen LogP contribution in [0.25, 0.3) is 0 Å². The lowest BCUT2D eigenvalue weighted by atomic mass is 10.0. The molecule has 3 rings (SSSR count). The summed E-state index contributed by atoms with van der Waals surface area (Å²) in [6.07, 6.45) is 3.30. The van der Waals surface area contributed by atoms with Crippen LogP contribution in [0.2, 0.25) is 0 Å². The van der Waals surface area contributed by atoms with Crippen LogP contribution in [0.3, 0.4) is 0 Å². The van der Waals surface area contributed by atoms with E-state index >= 15 is 0 Å². The van der Waals surface area contributed by atoms with Gasteiger partial charge in [0.15, 0.2) is 6.29 Å². The number of hydrogen-bond donors (Lipinski definition) is 0. The minimum Gasteiger partial charge on any atom is -0.349 e. The zero-order chi connectivity index (χ0) is 13.1. The van der Waals surface area contributed by atoms with Crippen molar-refractivity contribution in [1.29, 1.82) is 0 Å². The highest BCUT2D eigenvalue weighted by Crippen LogP contribution is 2.26. The number of likely N-dealkylation sites (tertiary alicyclic amines) is 1. The first-order chi connectivity index (χ1) is 9.34. The molecule has 1 unspecified atom stereocenters. The van der Waals surface area contributed by atoms with Crippen molar-refractivity contribution in [3.63, 3.8) is 0 Å². The minimum atomic E-state index is -0.132. The van der Waals surface area contributed by atoms with Gasteiger partial charge in [-0.3, -0.25) is 4.90 Å². The second-order valence-electron chi connectivity index (χ2n) is 5.23. The second-order valence-corrected chi connectivity index (χ2v) is 5.23. The maximum atomic E-state index is 13.8. The maximum Gasteiger partial charge on any atom is 0.173 e. The van der Waals surface area contributed by atoms with E-state index in [1.807, 2.05) is 12.1 Å². The summed E-state index contributed by atoms with van der Waals surface area (Å²) in [6, 6.07) is 7.26. The predicted octanol–water partition coefficient (Wildman–Crippen LogP) is 2.55. The van der Waals surface area contributed by atoms with Crippen molar-refractivity contribution in [2.45, 2.75) is 38.1 Å². The molecule has 0 amide bonds. The number of nitrogens with zero attached hydrogens (tertiary/aromatic N) is 1. The molecule has 2 saturated heterocycles. The first-order valence-electron chi connectivity index (χ1n) is 7.05. The Balaban J connectivity index is 1.71. The molecule has 2 fully saturated rings. The molecular formula is C15H20FNO2. The van der Waals surface area contributed by atoms with Crippen LogP contribution in [0, 0.1) is 5.82 Å². The van der Waals surface area contributed by atoms with Crippen molar-refractivity contribution in [3.8, 4) is 0 Å². The zero-order valence-electron chi connectivity index (χ0n) is 11.1. The molecule has 1 aromatic carbocycles. The summed E-state index contributed by atoms with van der Waals surface area (Å²) < 4.78 is 25.0. The number of halogens is 1. The quantitative estimate of drug-likeness (QED) is 0.838. The minimum absolute atomic E-state index is 0.125. The van der Waals surface area contributed by atoms with E-state index in [0.717, 1.165) is 24.9 Å². The van der Waals surface area contributed by atoms with Gasteiger partial charge in [-0.2, -0.15) is 0 Å². The summed E-state index contributed by atoms with van der Waals surface area (Å²) in [5, 5.41) is 0. The zero-order valence-corrected chi connectivity index (χ0v) is 11.1. The van der Waals surface area contributed by atoms with Gasteiger partial charge in [-0.1, -0.05) is 24.6 Å². The lowest BCUT2D eigenvalue weighted by Gasteiger charge is -2.38. The molecule has 4 heteroatoms. The van der Waals surface area contributed by atoms with Crippen molar-refractivity contribution in [3.05, 3.63) is 35.6 Å². The van der Waals surface area contributed by atoms with E-state index in [2.05, 4.69) is 4.90 Å². The van der Waals surface area contributed by atoms with Gasteiger partial charge in [0.2, 0.25) is 0 Å². The summed E-state index contributed by atoms with van der Waals surface area (Å²) in [5.41, 5.74) is 0.757. The summed E-state index contributed by atoms with van der Waals surface area (Å²) in [4.78, 5) is 2.30. The van der Waals surface area contributed by atoms with Crippen LogP contribution in [-0.2, 0) is 16.0 Å². The number of rotatable bonds is 3. The van der Waals surface area contributed by atoms with Crippen molar-refractivity contribution in [2.24, 2.45) is 0 Å². The first kappa shape index (κ1) is 13.0. The first-order valence-corrected chi connectivity index (χ1v) is 7.05. The third-order valence-corrected chi connectivity index (χ3v) is 3.96. The Morgan fingerprint density at radius 2 is 1.95 bits per heavy atom. The van der Waals surface area contributed by atoms with Gasteiger partial charge < -0.3 is 9.47 Å². The fraction of sp³-hybridized carbons (Fsp3) is 0.600. The molecule has 19 heavy (non-hydrogen) atoms. The fourth-order valence-electron chi connectivity index (χ4n) is 2.97. The Hall–Kier alpha value is -0.970. The number of ether oxygens (including phenoxy) is 2. The predicted molar refractivity (Wildman–Crippen MR) is 70.1 cm³/mol. The summed E-state index contributed by atoms with van der Waals surface area (Å²) in [7, 11) is 0. The summed E-state index contributed by atoms with van der Waals surface area (Å²) in [6.45, 7) is 2.98. The van der Waals surface area contributed by atoms with Gasteiger partial charge in [-0.15, -0.1) is 0 Å². The SMILES string of the molecule is Fc1ccccc1CN1CCCCC1C1OCCO1. The maximum absolute atomic E-state index is 13.8. The highest BCUT2D eigenvalue weighted by molar-refractivity contribution is 5.17. The molecule has 0 radical (unpaired) electrons. The molecule has 0 bridgehead atoms. The molecule has 104 valence electrons. The van der Waals surface area contributed by atoms with Crippen molar-refractivity contribution in [2.75, 3.05) is 19.8 Å². The van der Waals surface area contributed by atoms with Crippen LogP contribution >= 0.6 is 0 Å². The standard InChI is InChI=1S/C15H20FNO2/c16-13-6-2-1-5-12(13)11-17-8-4-3-7-14(17)15-18-9-10-19-15/h1-2,5-6,14-15H,3-4,7-11H2. The molecule has 0 aliphatic carbocycles. The van der Waals surface area contributed by atoms with E-state index in [9.17, 15) is 4.39 Å². The van der Waals surface area contributed by atoms with E-state index < -0.39 is 0 Å². The highest BCUT2D eigenvalue weighted by atomic mass is 19.1. The Bertz CT molecular complexity index is 420. The van der Waals surface area contributed by atoms with Gasteiger partial charge in [-0.25, -0.2) is 4.39 Å². The van der Waals surface area contributed by atoms with Gasteiger partial charge in [0, 0.05) is 12.1 Å². The average molecular weight is 265 g/mol. The van der Waals surface area contributed by atoms with Crippen molar-refractivity contribution >= 4 is 0 Å². The summed E-state index contributed by atoms with van der Waals surface area (Å²) in [5.74, 6) is -0.125. The van der Waals surface area contributed by atoms with E-state index in [0.29, 0.717) is 19.8 Å². The van der Waals surface area contributed by atoms with Crippen LogP contribution < -0.4 is 0 Å². The topological polar surface area (TPSA) is 21.7 Å². The van der Waals surface area contributed by atoms with Crippen molar-refractivity contribution in [1.82, 2.24) is 4.90 Å². The lowest BCUT2D eigenvalue weighted by molar-refractivity contribution is -0.111. The Kier molecular flexibility index (Phi) is 4.11. The van der Waals surface area contributed by atoms with Crippen LogP contribution in [0.1, 0.15) is 24.8 Å². The highest BCUT2D eigenvalue weighted by Gasteiger charge is 2.33. The van der Waals surface area contributed by atoms with E-state index in [1.54, 1.807) is 6.07 Å². The van der Waals surface area contributed by atoms with Crippen LogP contribution in [0.5, 0.6) is 0 Å². The number of benzene rings is 1. The second kappa shape index (κ2) is 5.99. The molecule has 0 saturated carbocycles. The van der Waals surface area contributed by atoms with Gasteiger partial charge in [0.05, 0.1) is 19.3 Å². The number of hydrogen-bond acceptors (Lipinski definition) is 3. The Labute approximate surface area is 113 Å². The van der Waals surface area contributed by atoms with E-state index in [1.165, 1.54) is 12.5 Å². The van der Waals surface area contributed by atoms with Crippen LogP contribution in [0.4, 0.5) is 4.39 Å². The van der Waals surface area contributed by atoms with E-state index in [4.69, 9.17) is 9.47 Å². The molecular weight excluding hydrogens is 245 g/mol. The van der Waals surface area contributed by atoms with Gasteiger partial charge >= 0.3 is 0 Å². The van der Waals surface area contributed by atoms with Gasteiger partial charge in [-0.05, 0) is 25.5 Å². The van der Waals surface area contributed by atoms with Crippen LogP contribution in [0.15, 0.2) is 24.3 Å². The van der Waals surface area contributed by atoms with Crippen LogP contribution in [-0.4, -0.2) is 37.0 Å². The van der Waals surface area contributed by atoms with E-state index in [-0.39, 0.29) is 18.1 Å². The molecule has 1 atom stereocenters. The third-order valence-electron chi connectivity index (χ3n) is 3.96. The molecule has 2 heterocycles. The third kappa shape index (κ3) is 2.96. The largest absolute Gasteiger partial charge is 0.349 e.